The molecule has 0 aliphatic heterocycles. The van der Waals surface area contributed by atoms with Crippen LogP contribution in [0.1, 0.15) is 35.8 Å². The minimum absolute atomic E-state index is 0.0922. The van der Waals surface area contributed by atoms with Crippen molar-refractivity contribution in [3.8, 4) is 5.95 Å². The lowest BCUT2D eigenvalue weighted by molar-refractivity contribution is 0.481. The van der Waals surface area contributed by atoms with Crippen LogP contribution in [0.2, 0.25) is 0 Å². The second-order valence-corrected chi connectivity index (χ2v) is 7.66. The number of aromatic amines is 1. The first-order valence-corrected chi connectivity index (χ1v) is 10.1. The molecule has 0 saturated heterocycles. The summed E-state index contributed by atoms with van der Waals surface area (Å²) in [6, 6.07) is 11.8. The molecule has 6 rings (SSSR count). The Labute approximate surface area is 171 Å². The van der Waals surface area contributed by atoms with E-state index in [4.69, 9.17) is 4.98 Å². The minimum atomic E-state index is -0.170. The molecular weight excluding hydrogens is 378 g/mol. The van der Waals surface area contributed by atoms with Gasteiger partial charge in [0.15, 0.2) is 5.65 Å². The lowest BCUT2D eigenvalue weighted by Gasteiger charge is -2.25. The summed E-state index contributed by atoms with van der Waals surface area (Å²) < 4.78 is 3.63. The van der Waals surface area contributed by atoms with Gasteiger partial charge in [-0.1, -0.05) is 18.2 Å². The third-order valence-corrected chi connectivity index (χ3v) is 5.89. The second-order valence-electron chi connectivity index (χ2n) is 7.66. The maximum absolute atomic E-state index is 13.0. The largest absolute Gasteiger partial charge is 0.328 e. The van der Waals surface area contributed by atoms with Gasteiger partial charge in [-0.25, -0.2) is 14.8 Å². The average Bonchev–Trinajstić information content (AvgIpc) is 3.34. The van der Waals surface area contributed by atoms with E-state index in [0.717, 1.165) is 47.2 Å². The molecule has 1 aliphatic rings. The monoisotopic (exact) mass is 397 g/mol. The molecule has 8 heteroatoms. The normalized spacial score (nSPS) is 16.2. The zero-order chi connectivity index (χ0) is 20.2. The summed E-state index contributed by atoms with van der Waals surface area (Å²) in [7, 11) is 0. The molecule has 30 heavy (non-hydrogen) atoms. The number of para-hydroxylation sites is 2. The maximum Gasteiger partial charge on any atom is 0.328 e. The van der Waals surface area contributed by atoms with Gasteiger partial charge < -0.3 is 4.98 Å². The number of aryl methyl sites for hydroxylation is 2. The van der Waals surface area contributed by atoms with E-state index in [1.807, 2.05) is 48.0 Å². The van der Waals surface area contributed by atoms with E-state index in [1.165, 1.54) is 0 Å². The van der Waals surface area contributed by atoms with Crippen molar-refractivity contribution in [3.63, 3.8) is 0 Å². The Hall–Kier alpha value is -3.81. The summed E-state index contributed by atoms with van der Waals surface area (Å²) in [5.41, 5.74) is 5.79. The van der Waals surface area contributed by atoms with Crippen molar-refractivity contribution in [2.75, 3.05) is 0 Å². The molecule has 4 heterocycles. The quantitative estimate of drug-likeness (QED) is 0.494. The Morgan fingerprint density at radius 2 is 2.00 bits per heavy atom. The number of nitrogens with one attached hydrogen (secondary N) is 1. The van der Waals surface area contributed by atoms with Gasteiger partial charge in [0.25, 0.3) is 0 Å². The fourth-order valence-electron chi connectivity index (χ4n) is 4.49. The van der Waals surface area contributed by atoms with Crippen LogP contribution < -0.4 is 5.69 Å². The van der Waals surface area contributed by atoms with Gasteiger partial charge in [-0.05, 0) is 49.9 Å². The highest BCUT2D eigenvalue weighted by Crippen LogP contribution is 2.32. The van der Waals surface area contributed by atoms with Gasteiger partial charge in [-0.3, -0.25) is 14.1 Å². The van der Waals surface area contributed by atoms with E-state index in [2.05, 4.69) is 26.0 Å². The molecule has 0 amide bonds. The van der Waals surface area contributed by atoms with E-state index in [0.29, 0.717) is 17.1 Å². The van der Waals surface area contributed by atoms with Crippen LogP contribution in [-0.2, 0) is 6.42 Å². The van der Waals surface area contributed by atoms with Gasteiger partial charge in [0.05, 0.1) is 22.8 Å². The number of rotatable bonds is 2. The van der Waals surface area contributed by atoms with Gasteiger partial charge in [0.1, 0.15) is 11.8 Å². The first kappa shape index (κ1) is 17.1. The molecule has 8 nitrogen and oxygen atoms in total. The summed E-state index contributed by atoms with van der Waals surface area (Å²) in [6.07, 6.45) is 6.33. The minimum Gasteiger partial charge on any atom is -0.303 e. The number of hydrogen-bond donors (Lipinski definition) is 1. The average molecular weight is 397 g/mol. The topological polar surface area (TPSA) is 94.3 Å². The van der Waals surface area contributed by atoms with E-state index in [9.17, 15) is 4.79 Å². The van der Waals surface area contributed by atoms with Crippen LogP contribution in [0.25, 0.3) is 28.1 Å². The van der Waals surface area contributed by atoms with Crippen LogP contribution in [-0.4, -0.2) is 34.1 Å². The molecule has 148 valence electrons. The highest BCUT2D eigenvalue weighted by atomic mass is 16.1. The zero-order valence-corrected chi connectivity index (χ0v) is 16.4. The summed E-state index contributed by atoms with van der Waals surface area (Å²) in [6.45, 7) is 1.89. The van der Waals surface area contributed by atoms with Crippen molar-refractivity contribution >= 4 is 22.2 Å². The van der Waals surface area contributed by atoms with Gasteiger partial charge in [0.2, 0.25) is 5.95 Å². The number of pyridine rings is 1. The van der Waals surface area contributed by atoms with Gasteiger partial charge in [-0.2, -0.15) is 4.98 Å². The van der Waals surface area contributed by atoms with Crippen LogP contribution >= 0.6 is 0 Å². The summed E-state index contributed by atoms with van der Waals surface area (Å²) in [5, 5.41) is 0. The third kappa shape index (κ3) is 2.43. The number of fused-ring (bicyclic) bond motifs is 3. The Morgan fingerprint density at radius 1 is 1.10 bits per heavy atom. The molecule has 0 radical (unpaired) electrons. The fourth-order valence-corrected chi connectivity index (χ4v) is 4.49. The zero-order valence-electron chi connectivity index (χ0n) is 16.4. The highest BCUT2D eigenvalue weighted by molar-refractivity contribution is 5.78. The highest BCUT2D eigenvalue weighted by Gasteiger charge is 2.27. The fraction of sp³-hybridized carbons (Fsp3) is 0.227. The van der Waals surface area contributed by atoms with Crippen molar-refractivity contribution < 1.29 is 0 Å². The first-order valence-electron chi connectivity index (χ1n) is 10.1. The number of aromatic nitrogens is 7. The maximum atomic E-state index is 13.0. The number of imidazole rings is 2. The van der Waals surface area contributed by atoms with Gasteiger partial charge >= 0.3 is 5.69 Å². The molecule has 1 N–H and O–H groups in total. The molecule has 0 spiro atoms. The van der Waals surface area contributed by atoms with Crippen LogP contribution in [0.15, 0.2) is 53.7 Å². The number of hydrogen-bond acceptors (Lipinski definition) is 5. The van der Waals surface area contributed by atoms with Gasteiger partial charge in [-0.15, -0.1) is 0 Å². The third-order valence-electron chi connectivity index (χ3n) is 5.89. The Kier molecular flexibility index (Phi) is 3.61. The standard InChI is InChI=1S/C22H19N7O/c1-13-19-20(27-21(25-13)28-12-24-16-7-2-3-9-18(16)28)29(22(30)26-19)17-10-4-8-15-14(17)6-5-11-23-15/h2-3,5-7,9,11-12,17H,4,8,10H2,1H3,(H,26,30)/t17-/m1/s1. The molecule has 0 bridgehead atoms. The molecule has 1 aromatic carbocycles. The van der Waals surface area contributed by atoms with Crippen molar-refractivity contribution in [2.45, 2.75) is 32.2 Å². The lowest BCUT2D eigenvalue weighted by atomic mass is 9.91. The first-order chi connectivity index (χ1) is 14.7. The van der Waals surface area contributed by atoms with Crippen molar-refractivity contribution in [2.24, 2.45) is 0 Å². The molecule has 0 saturated carbocycles. The molecule has 1 aliphatic carbocycles. The Morgan fingerprint density at radius 3 is 2.93 bits per heavy atom. The van der Waals surface area contributed by atoms with E-state index >= 15 is 0 Å². The lowest BCUT2D eigenvalue weighted by Crippen LogP contribution is -2.27. The van der Waals surface area contributed by atoms with E-state index in [1.54, 1.807) is 10.9 Å². The van der Waals surface area contributed by atoms with E-state index in [-0.39, 0.29) is 11.7 Å². The predicted octanol–water partition coefficient (Wildman–Crippen LogP) is 3.09. The molecule has 5 aromatic rings. The summed E-state index contributed by atoms with van der Waals surface area (Å²) in [5.74, 6) is 0.503. The van der Waals surface area contributed by atoms with Crippen LogP contribution in [0.3, 0.4) is 0 Å². The smallest absolute Gasteiger partial charge is 0.303 e. The van der Waals surface area contributed by atoms with Crippen LogP contribution in [0.4, 0.5) is 0 Å². The number of H-pyrrole nitrogens is 1. The van der Waals surface area contributed by atoms with E-state index < -0.39 is 0 Å². The van der Waals surface area contributed by atoms with Crippen LogP contribution in [0.5, 0.6) is 0 Å². The second kappa shape index (κ2) is 6.35. The SMILES string of the molecule is Cc1nc(-n2cnc3ccccc32)nc2c1[nH]c(=O)n2[C@@H]1CCCc2ncccc21. The molecule has 0 unspecified atom stereocenters. The summed E-state index contributed by atoms with van der Waals surface area (Å²) >= 11 is 0. The van der Waals surface area contributed by atoms with Gasteiger partial charge in [0, 0.05) is 11.9 Å². The summed E-state index contributed by atoms with van der Waals surface area (Å²) in [4.78, 5) is 34.4. The van der Waals surface area contributed by atoms with Crippen LogP contribution in [0, 0.1) is 6.92 Å². The number of nitrogens with zero attached hydrogens (tertiary/aromatic N) is 6. The Bertz CT molecular complexity index is 1480. The Balaban J connectivity index is 1.60. The van der Waals surface area contributed by atoms with Crippen molar-refractivity contribution in [3.05, 3.63) is 76.4 Å². The molecule has 1 atom stereocenters. The van der Waals surface area contributed by atoms with Crippen molar-refractivity contribution in [1.82, 2.24) is 34.1 Å². The van der Waals surface area contributed by atoms with Crippen molar-refractivity contribution in [1.29, 1.82) is 0 Å². The number of benzene rings is 1. The molecule has 4 aromatic heterocycles. The molecule has 0 fully saturated rings. The predicted molar refractivity (Wildman–Crippen MR) is 113 cm³/mol. The molecular formula is C22H19N7O.